The molecular formula is C43H71FN6O9. The van der Waals surface area contributed by atoms with Gasteiger partial charge in [0.25, 0.3) is 0 Å². The van der Waals surface area contributed by atoms with E-state index in [1.54, 1.807) is 46.4 Å². The van der Waals surface area contributed by atoms with Gasteiger partial charge >= 0.3 is 18.3 Å². The minimum atomic E-state index is -1.19. The van der Waals surface area contributed by atoms with Crippen LogP contribution in [-0.4, -0.2) is 144 Å². The Morgan fingerprint density at radius 1 is 0.949 bits per heavy atom. The summed E-state index contributed by atoms with van der Waals surface area (Å²) in [6.45, 7) is 24.4. The molecule has 3 N–H and O–H groups in total. The fourth-order valence-corrected chi connectivity index (χ4v) is 10.8. The van der Waals surface area contributed by atoms with Crippen molar-refractivity contribution in [2.75, 3.05) is 32.8 Å². The third kappa shape index (κ3) is 10.1. The summed E-state index contributed by atoms with van der Waals surface area (Å²) in [6.07, 6.45) is -2.83. The second-order valence-electron chi connectivity index (χ2n) is 20.1. The molecule has 0 aromatic rings. The first-order chi connectivity index (χ1) is 27.7. The lowest BCUT2D eigenvalue weighted by molar-refractivity contribution is -0.167. The predicted octanol–water partition coefficient (Wildman–Crippen LogP) is 5.18. The summed E-state index contributed by atoms with van der Waals surface area (Å²) < 4.78 is 47.2. The van der Waals surface area contributed by atoms with Crippen molar-refractivity contribution in [1.29, 1.82) is 0 Å². The molecule has 5 aliphatic heterocycles. The number of piperidine rings is 2. The Hall–Kier alpha value is -3.21. The molecular weight excluding hydrogens is 764 g/mol. The number of hydrogen-bond acceptors (Lipinski definition) is 12. The Morgan fingerprint density at radius 2 is 1.63 bits per heavy atom. The molecule has 5 heterocycles. The fraction of sp³-hybridized carbons (Fsp3) is 0.860. The number of carbonyl (C=O) groups excluding carboxylic acids is 4. The molecule has 0 aromatic heterocycles. The molecule has 6 fully saturated rings. The van der Waals surface area contributed by atoms with E-state index < -0.39 is 72.0 Å². The summed E-state index contributed by atoms with van der Waals surface area (Å²) in [5.41, 5.74) is -1.78. The summed E-state index contributed by atoms with van der Waals surface area (Å²) in [6, 6.07) is -1.59. The molecule has 6 rings (SSSR count). The normalized spacial score (nSPS) is 38.3. The summed E-state index contributed by atoms with van der Waals surface area (Å²) in [7, 11) is 0. The topological polar surface area (TPSA) is 160 Å². The molecule has 59 heavy (non-hydrogen) atoms. The molecule has 6 aliphatic rings. The van der Waals surface area contributed by atoms with Crippen molar-refractivity contribution < 1.29 is 47.3 Å². The number of alkyl halides is 1. The Balaban J connectivity index is 1.48. The van der Waals surface area contributed by atoms with Gasteiger partial charge in [0.05, 0.1) is 31.1 Å². The molecule has 0 spiro atoms. The maximum Gasteiger partial charge on any atom is 0.509 e. The van der Waals surface area contributed by atoms with Gasteiger partial charge in [-0.15, -0.1) is 0 Å². The van der Waals surface area contributed by atoms with Gasteiger partial charge in [-0.25, -0.2) is 18.8 Å². The van der Waals surface area contributed by atoms with Crippen LogP contribution in [0.1, 0.15) is 101 Å². The van der Waals surface area contributed by atoms with Gasteiger partial charge in [-0.3, -0.25) is 15.0 Å². The summed E-state index contributed by atoms with van der Waals surface area (Å²) in [5.74, 6) is -1.40. The standard InChI is InChI=1S/C43H71FN6O9/c1-12-31(51)48-18-19-49(25(5)21-48)37-27-20-24(4)34-32-28(44)14-13-15-29(32)55-22-30(56-40(53)58-42(6,7)8)36(57-41(54)59-43(9,10)11)26-16-17-45-33(23(2)3)35(26)50(38(27)46-34)39(52)47-37/h12,23-30,32-38,45-46H,1,13-22H2,2-11H3,(H,47,52)/t24?,25-,26?,27?,28?,29?,30?,32?,33?,34?,35?,36?,37?,38?/m0/s1. The van der Waals surface area contributed by atoms with Crippen LogP contribution in [0.3, 0.4) is 0 Å². The molecule has 3 amide bonds. The minimum absolute atomic E-state index is 0.00293. The van der Waals surface area contributed by atoms with Gasteiger partial charge < -0.3 is 44.1 Å². The molecule has 15 nitrogen and oxygen atoms in total. The van der Waals surface area contributed by atoms with Crippen LogP contribution in [0.4, 0.5) is 18.8 Å². The van der Waals surface area contributed by atoms with E-state index >= 15 is 9.18 Å². The predicted molar refractivity (Wildman–Crippen MR) is 218 cm³/mol. The van der Waals surface area contributed by atoms with Crippen molar-refractivity contribution in [2.45, 2.75) is 174 Å². The quantitative estimate of drug-likeness (QED) is 0.247. The SMILES string of the molecule is C=CC(=O)N1CCN(C2NC(=O)N3C4NC(C(C)CC42)C2C(F)CCCC2OCC(OC(=O)OC(C)(C)C)C(OC(=O)OC(C)(C)C)C2CCNC(C(C)C)C23)[C@@H](C)C1. The van der Waals surface area contributed by atoms with E-state index in [0.29, 0.717) is 58.3 Å². The number of ether oxygens (including phenoxy) is 5. The van der Waals surface area contributed by atoms with Crippen molar-refractivity contribution >= 4 is 24.2 Å². The van der Waals surface area contributed by atoms with Crippen LogP contribution in [0.5, 0.6) is 0 Å². The molecule has 1 aliphatic carbocycles. The zero-order chi connectivity index (χ0) is 43.1. The largest absolute Gasteiger partial charge is 0.509 e. The average molecular weight is 835 g/mol. The second-order valence-corrected chi connectivity index (χ2v) is 20.1. The molecule has 334 valence electrons. The molecule has 16 heteroatoms. The Kier molecular flexibility index (Phi) is 13.8. The highest BCUT2D eigenvalue weighted by molar-refractivity contribution is 5.87. The van der Waals surface area contributed by atoms with E-state index in [1.807, 2.05) is 4.90 Å². The van der Waals surface area contributed by atoms with E-state index in [1.165, 1.54) is 6.08 Å². The molecule has 13 unspecified atom stereocenters. The van der Waals surface area contributed by atoms with Crippen LogP contribution in [0.25, 0.3) is 0 Å². The maximum atomic E-state index is 16.6. The first-order valence-corrected chi connectivity index (χ1v) is 22.0. The van der Waals surface area contributed by atoms with Gasteiger partial charge in [-0.1, -0.05) is 27.4 Å². The first kappa shape index (κ1) is 45.3. The lowest BCUT2D eigenvalue weighted by Gasteiger charge is -2.61. The van der Waals surface area contributed by atoms with Crippen molar-refractivity contribution in [3.63, 3.8) is 0 Å². The molecule has 1 saturated carbocycles. The van der Waals surface area contributed by atoms with Gasteiger partial charge in [0, 0.05) is 55.5 Å². The Bertz CT molecular complexity index is 1540. The van der Waals surface area contributed by atoms with Crippen LogP contribution >= 0.6 is 0 Å². The smallest absolute Gasteiger partial charge is 0.429 e. The first-order valence-electron chi connectivity index (χ1n) is 22.0. The van der Waals surface area contributed by atoms with E-state index in [0.717, 1.165) is 0 Å². The lowest BCUT2D eigenvalue weighted by atomic mass is 9.69. The lowest BCUT2D eigenvalue weighted by Crippen LogP contribution is -2.80. The van der Waals surface area contributed by atoms with Crippen LogP contribution in [-0.2, 0) is 28.5 Å². The van der Waals surface area contributed by atoms with Crippen LogP contribution < -0.4 is 16.0 Å². The number of rotatable bonds is 5. The van der Waals surface area contributed by atoms with E-state index in [2.05, 4.69) is 55.1 Å². The molecule has 0 aromatic carbocycles. The number of carbonyl (C=O) groups is 4. The van der Waals surface area contributed by atoms with Gasteiger partial charge in [-0.05, 0) is 105 Å². The van der Waals surface area contributed by atoms with Gasteiger partial charge in [0.2, 0.25) is 5.91 Å². The van der Waals surface area contributed by atoms with Crippen LogP contribution in [0.15, 0.2) is 12.7 Å². The number of piperazine rings is 1. The number of hydrogen-bond donors (Lipinski definition) is 3. The monoisotopic (exact) mass is 835 g/mol. The number of halogens is 1. The zero-order valence-corrected chi connectivity index (χ0v) is 36.9. The van der Waals surface area contributed by atoms with Gasteiger partial charge in [0.15, 0.2) is 6.10 Å². The molecule has 14 atom stereocenters. The van der Waals surface area contributed by atoms with Crippen molar-refractivity contribution in [3.8, 4) is 0 Å². The zero-order valence-electron chi connectivity index (χ0n) is 36.9. The van der Waals surface area contributed by atoms with E-state index in [4.69, 9.17) is 23.7 Å². The third-order valence-corrected chi connectivity index (χ3v) is 13.2. The Morgan fingerprint density at radius 3 is 2.25 bits per heavy atom. The summed E-state index contributed by atoms with van der Waals surface area (Å²) >= 11 is 0. The van der Waals surface area contributed by atoms with Crippen molar-refractivity contribution in [1.82, 2.24) is 30.7 Å². The average Bonchev–Trinajstić information content (AvgIpc) is 3.13. The highest BCUT2D eigenvalue weighted by atomic mass is 19.1. The molecule has 5 saturated heterocycles. The van der Waals surface area contributed by atoms with E-state index in [-0.39, 0.29) is 60.6 Å². The summed E-state index contributed by atoms with van der Waals surface area (Å²) in [4.78, 5) is 61.2. The number of urea groups is 1. The maximum absolute atomic E-state index is 16.6. The van der Waals surface area contributed by atoms with Gasteiger partial charge in [-0.2, -0.15) is 0 Å². The highest BCUT2D eigenvalue weighted by Gasteiger charge is 2.59. The minimum Gasteiger partial charge on any atom is -0.429 e. The number of nitrogens with zero attached hydrogens (tertiary/aromatic N) is 3. The van der Waals surface area contributed by atoms with Crippen molar-refractivity contribution in [2.24, 2.45) is 29.6 Å². The van der Waals surface area contributed by atoms with Crippen LogP contribution in [0, 0.1) is 29.6 Å². The van der Waals surface area contributed by atoms with Crippen LogP contribution in [0.2, 0.25) is 0 Å². The Labute approximate surface area is 350 Å². The molecule has 0 radical (unpaired) electrons. The second kappa shape index (κ2) is 18.0. The van der Waals surface area contributed by atoms with Gasteiger partial charge in [0.1, 0.15) is 23.5 Å². The number of fused-ring (bicyclic) bond motifs is 5. The number of nitrogens with one attached hydrogen (secondary N) is 3. The summed E-state index contributed by atoms with van der Waals surface area (Å²) in [5, 5.41) is 11.0. The number of amides is 3. The van der Waals surface area contributed by atoms with Crippen molar-refractivity contribution in [3.05, 3.63) is 12.7 Å². The third-order valence-electron chi connectivity index (χ3n) is 13.2. The fourth-order valence-electron chi connectivity index (χ4n) is 10.8. The molecule has 2 bridgehead atoms. The highest BCUT2D eigenvalue weighted by Crippen LogP contribution is 2.45. The van der Waals surface area contributed by atoms with E-state index in [9.17, 15) is 14.4 Å².